The first-order chi connectivity index (χ1) is 12.6. The summed E-state index contributed by atoms with van der Waals surface area (Å²) in [6.45, 7) is 0.428. The van der Waals surface area contributed by atoms with Crippen LogP contribution < -0.4 is 0 Å². The fourth-order valence-electron chi connectivity index (χ4n) is 3.16. The summed E-state index contributed by atoms with van der Waals surface area (Å²) in [5.74, 6) is -0.212. The van der Waals surface area contributed by atoms with E-state index in [4.69, 9.17) is 9.84 Å². The number of ether oxygens (including phenoxy) is 1. The van der Waals surface area contributed by atoms with Crippen molar-refractivity contribution in [3.63, 3.8) is 0 Å². The molecule has 138 valence electrons. The Bertz CT molecular complexity index is 763. The summed E-state index contributed by atoms with van der Waals surface area (Å²) in [5.41, 5.74) is 0.626. The minimum atomic E-state index is -0.898. The molecule has 2 atom stereocenters. The third kappa shape index (κ3) is 4.47. The largest absolute Gasteiger partial charge is 0.481 e. The number of carboxylic acids is 1. The van der Waals surface area contributed by atoms with Gasteiger partial charge in [0.1, 0.15) is 0 Å². The Morgan fingerprint density at radius 3 is 2.81 bits per heavy atom. The number of carboxylic acid groups (broad SMARTS) is 1. The highest BCUT2D eigenvalue weighted by Crippen LogP contribution is 2.31. The Kier molecular flexibility index (Phi) is 6.34. The highest BCUT2D eigenvalue weighted by molar-refractivity contribution is 7.98. The second kappa shape index (κ2) is 8.70. The van der Waals surface area contributed by atoms with E-state index in [1.54, 1.807) is 35.1 Å². The molecule has 1 amide bonds. The number of aliphatic carboxylic acids is 1. The van der Waals surface area contributed by atoms with Crippen LogP contribution >= 0.6 is 23.1 Å². The first kappa shape index (κ1) is 18.9. The van der Waals surface area contributed by atoms with Gasteiger partial charge in [-0.15, -0.1) is 23.1 Å². The summed E-state index contributed by atoms with van der Waals surface area (Å²) < 4.78 is 5.38. The summed E-state index contributed by atoms with van der Waals surface area (Å²) in [6.07, 6.45) is 0.379. The Hall–Kier alpha value is -1.83. The van der Waals surface area contributed by atoms with E-state index >= 15 is 0 Å². The van der Waals surface area contributed by atoms with Crippen molar-refractivity contribution in [1.82, 2.24) is 4.90 Å². The number of carbonyl (C=O) groups excluding carboxylic acids is 1. The van der Waals surface area contributed by atoms with E-state index < -0.39 is 5.97 Å². The quantitative estimate of drug-likeness (QED) is 0.728. The molecule has 1 aliphatic heterocycles. The number of rotatable bonds is 7. The summed E-state index contributed by atoms with van der Waals surface area (Å²) in [7, 11) is 1.60. The van der Waals surface area contributed by atoms with Crippen molar-refractivity contribution < 1.29 is 19.4 Å². The number of methoxy groups -OCH3 is 1. The van der Waals surface area contributed by atoms with Gasteiger partial charge in [0.25, 0.3) is 5.91 Å². The normalized spacial score (nSPS) is 19.7. The van der Waals surface area contributed by atoms with Crippen molar-refractivity contribution in [1.29, 1.82) is 0 Å². The van der Waals surface area contributed by atoms with Crippen LogP contribution in [0.5, 0.6) is 0 Å². The van der Waals surface area contributed by atoms with Gasteiger partial charge in [0, 0.05) is 35.2 Å². The van der Waals surface area contributed by atoms with E-state index in [1.807, 2.05) is 35.7 Å². The molecule has 1 aliphatic rings. The number of benzene rings is 1. The van der Waals surface area contributed by atoms with Crippen LogP contribution in [0.25, 0.3) is 0 Å². The molecule has 2 unspecified atom stereocenters. The number of thioether (sulfide) groups is 1. The topological polar surface area (TPSA) is 66.8 Å². The van der Waals surface area contributed by atoms with Crippen molar-refractivity contribution in [3.8, 4) is 0 Å². The summed E-state index contributed by atoms with van der Waals surface area (Å²) in [6, 6.07) is 11.3. The first-order valence-electron chi connectivity index (χ1n) is 8.38. The van der Waals surface area contributed by atoms with Crippen LogP contribution in [-0.4, -0.2) is 47.7 Å². The number of thiophene rings is 1. The van der Waals surface area contributed by atoms with Crippen LogP contribution in [0.3, 0.4) is 0 Å². The molecule has 1 aromatic carbocycles. The van der Waals surface area contributed by atoms with Gasteiger partial charge in [0.2, 0.25) is 0 Å². The first-order valence-corrected chi connectivity index (χ1v) is 10.2. The summed E-state index contributed by atoms with van der Waals surface area (Å²) in [4.78, 5) is 28.2. The van der Waals surface area contributed by atoms with E-state index in [9.17, 15) is 9.59 Å². The number of carbonyl (C=O) groups is 2. The Balaban J connectivity index is 1.78. The molecule has 1 aromatic heterocycles. The molecule has 1 fully saturated rings. The molecule has 0 saturated carbocycles. The Labute approximate surface area is 161 Å². The number of hydrogen-bond acceptors (Lipinski definition) is 5. The van der Waals surface area contributed by atoms with Crippen LogP contribution in [0.2, 0.25) is 0 Å². The van der Waals surface area contributed by atoms with Gasteiger partial charge in [-0.2, -0.15) is 0 Å². The van der Waals surface area contributed by atoms with Gasteiger partial charge in [-0.1, -0.05) is 18.2 Å². The Morgan fingerprint density at radius 2 is 2.12 bits per heavy atom. The standard InChI is InChI=1S/C19H21NO4S2/c1-24-14-9-13(10-18(21)22)20(11-14)19(23)16-6-2-3-7-17(16)26-12-15-5-4-8-25-15/h2-8,13-14H,9-12H2,1H3,(H,21,22). The zero-order chi connectivity index (χ0) is 18.5. The maximum absolute atomic E-state index is 13.1. The van der Waals surface area contributed by atoms with E-state index in [2.05, 4.69) is 6.07 Å². The number of nitrogens with zero attached hydrogens (tertiary/aromatic N) is 1. The lowest BCUT2D eigenvalue weighted by molar-refractivity contribution is -0.137. The molecule has 1 N–H and O–H groups in total. The molecule has 1 saturated heterocycles. The van der Waals surface area contributed by atoms with Crippen molar-refractivity contribution in [2.24, 2.45) is 0 Å². The number of hydrogen-bond donors (Lipinski definition) is 1. The molecule has 7 heteroatoms. The number of amides is 1. The predicted octanol–water partition coefficient (Wildman–Crippen LogP) is 3.74. The zero-order valence-electron chi connectivity index (χ0n) is 14.5. The molecule has 0 spiro atoms. The number of likely N-dealkylation sites (tertiary alicyclic amines) is 1. The lowest BCUT2D eigenvalue weighted by atomic mass is 10.1. The highest BCUT2D eigenvalue weighted by atomic mass is 32.2. The van der Waals surface area contributed by atoms with Crippen LogP contribution in [0.4, 0.5) is 0 Å². The zero-order valence-corrected chi connectivity index (χ0v) is 16.1. The van der Waals surface area contributed by atoms with Crippen molar-refractivity contribution >= 4 is 35.0 Å². The van der Waals surface area contributed by atoms with Gasteiger partial charge in [0.15, 0.2) is 0 Å². The molecule has 0 aliphatic carbocycles. The Morgan fingerprint density at radius 1 is 1.31 bits per heavy atom. The van der Waals surface area contributed by atoms with Crippen LogP contribution in [0.1, 0.15) is 28.1 Å². The van der Waals surface area contributed by atoms with Gasteiger partial charge >= 0.3 is 5.97 Å². The van der Waals surface area contributed by atoms with Gasteiger partial charge in [-0.25, -0.2) is 0 Å². The third-order valence-corrected chi connectivity index (χ3v) is 6.63. The second-order valence-electron chi connectivity index (χ2n) is 6.17. The maximum Gasteiger partial charge on any atom is 0.305 e. The maximum atomic E-state index is 13.1. The minimum absolute atomic E-state index is 0.0594. The van der Waals surface area contributed by atoms with Crippen molar-refractivity contribution in [3.05, 3.63) is 52.2 Å². The lowest BCUT2D eigenvalue weighted by Crippen LogP contribution is -2.37. The fourth-order valence-corrected chi connectivity index (χ4v) is 4.97. The van der Waals surface area contributed by atoms with E-state index in [1.165, 1.54) is 4.88 Å². The van der Waals surface area contributed by atoms with Crippen molar-refractivity contribution in [2.45, 2.75) is 35.6 Å². The molecule has 0 bridgehead atoms. The van der Waals surface area contributed by atoms with Crippen molar-refractivity contribution in [2.75, 3.05) is 13.7 Å². The molecule has 2 heterocycles. The predicted molar refractivity (Wildman–Crippen MR) is 103 cm³/mol. The van der Waals surface area contributed by atoms with Gasteiger partial charge in [-0.3, -0.25) is 9.59 Å². The molecular weight excluding hydrogens is 370 g/mol. The lowest BCUT2D eigenvalue weighted by Gasteiger charge is -2.24. The average molecular weight is 392 g/mol. The molecule has 2 aromatic rings. The van der Waals surface area contributed by atoms with Gasteiger partial charge in [-0.05, 0) is 30.0 Å². The minimum Gasteiger partial charge on any atom is -0.481 e. The van der Waals surface area contributed by atoms with Gasteiger partial charge in [0.05, 0.1) is 18.1 Å². The van der Waals surface area contributed by atoms with Crippen LogP contribution in [-0.2, 0) is 15.3 Å². The third-order valence-electron chi connectivity index (χ3n) is 4.45. The monoisotopic (exact) mass is 391 g/mol. The molecule has 5 nitrogen and oxygen atoms in total. The van der Waals surface area contributed by atoms with E-state index in [0.717, 1.165) is 10.6 Å². The summed E-state index contributed by atoms with van der Waals surface area (Å²) >= 11 is 3.32. The van der Waals surface area contributed by atoms with Crippen LogP contribution in [0.15, 0.2) is 46.7 Å². The second-order valence-corrected chi connectivity index (χ2v) is 8.22. The van der Waals surface area contributed by atoms with E-state index in [0.29, 0.717) is 18.5 Å². The molecule has 0 radical (unpaired) electrons. The fraction of sp³-hybridized carbons (Fsp3) is 0.368. The SMILES string of the molecule is COC1CC(CC(=O)O)N(C(=O)c2ccccc2SCc2cccs2)C1. The van der Waals surface area contributed by atoms with Crippen LogP contribution in [0, 0.1) is 0 Å². The summed E-state index contributed by atoms with van der Waals surface area (Å²) in [5, 5.41) is 11.2. The molecule has 3 rings (SSSR count). The average Bonchev–Trinajstić information content (AvgIpc) is 3.28. The molecule has 26 heavy (non-hydrogen) atoms. The molecular formula is C19H21NO4S2. The van der Waals surface area contributed by atoms with E-state index in [-0.39, 0.29) is 24.5 Å². The highest BCUT2D eigenvalue weighted by Gasteiger charge is 2.37. The smallest absolute Gasteiger partial charge is 0.305 e. The van der Waals surface area contributed by atoms with Gasteiger partial charge < -0.3 is 14.7 Å².